The highest BCUT2D eigenvalue weighted by Crippen LogP contribution is 2.21. The summed E-state index contributed by atoms with van der Waals surface area (Å²) < 4.78 is 6.37. The Morgan fingerprint density at radius 2 is 2.10 bits per heavy atom. The van der Waals surface area contributed by atoms with Crippen LogP contribution in [0.25, 0.3) is 0 Å². The first-order chi connectivity index (χ1) is 9.21. The minimum absolute atomic E-state index is 0.124. The lowest BCUT2D eigenvalue weighted by molar-refractivity contribution is -0.142. The number of amides is 1. The van der Waals surface area contributed by atoms with Crippen LogP contribution in [0.15, 0.2) is 6.07 Å². The number of carboxylic acids is 1. The van der Waals surface area contributed by atoms with E-state index in [1.54, 1.807) is 13.1 Å². The van der Waals surface area contributed by atoms with Gasteiger partial charge in [-0.2, -0.15) is 5.10 Å². The molecule has 1 heterocycles. The summed E-state index contributed by atoms with van der Waals surface area (Å²) >= 11 is 0. The number of carbonyl (C=O) groups excluding carboxylic acids is 1. The maximum Gasteiger partial charge on any atom is 0.329 e. The lowest BCUT2D eigenvalue weighted by Gasteiger charge is -2.13. The molecule has 2 N–H and O–H groups in total. The number of aromatic nitrogens is 2. The number of hydrogen-bond acceptors (Lipinski definition) is 4. The van der Waals surface area contributed by atoms with E-state index in [1.807, 2.05) is 20.8 Å². The fourth-order valence-corrected chi connectivity index (χ4v) is 1.53. The molecule has 0 aliphatic heterocycles. The number of hydrogen-bond donors (Lipinski definition) is 2. The lowest BCUT2D eigenvalue weighted by Crippen LogP contribution is -2.29. The fraction of sp³-hybridized carbons (Fsp3) is 0.615. The molecule has 0 aliphatic rings. The highest BCUT2D eigenvalue weighted by Gasteiger charge is 2.21. The Morgan fingerprint density at radius 3 is 2.60 bits per heavy atom. The SMILES string of the molecule is Cn1nc(C(C)(C)C)cc1C(=O)NCCOCC(=O)O. The third-order valence-electron chi connectivity index (χ3n) is 2.64. The van der Waals surface area contributed by atoms with Crippen LogP contribution in [0, 0.1) is 0 Å². The number of ether oxygens (including phenoxy) is 1. The first-order valence-corrected chi connectivity index (χ1v) is 6.34. The molecule has 7 nitrogen and oxygen atoms in total. The molecule has 1 amide bonds. The second-order valence-electron chi connectivity index (χ2n) is 5.49. The van der Waals surface area contributed by atoms with Crippen LogP contribution in [-0.2, 0) is 22.0 Å². The topological polar surface area (TPSA) is 93.5 Å². The van der Waals surface area contributed by atoms with E-state index in [0.29, 0.717) is 5.69 Å². The highest BCUT2D eigenvalue weighted by molar-refractivity contribution is 5.92. The van der Waals surface area contributed by atoms with E-state index in [-0.39, 0.29) is 31.1 Å². The molecule has 0 saturated carbocycles. The van der Waals surface area contributed by atoms with Gasteiger partial charge in [0.2, 0.25) is 0 Å². The second-order valence-corrected chi connectivity index (χ2v) is 5.49. The maximum atomic E-state index is 12.0. The van der Waals surface area contributed by atoms with E-state index >= 15 is 0 Å². The van der Waals surface area contributed by atoms with Crippen molar-refractivity contribution in [2.24, 2.45) is 7.05 Å². The molecular formula is C13H21N3O4. The molecule has 1 aromatic heterocycles. The van der Waals surface area contributed by atoms with Crippen molar-refractivity contribution in [1.29, 1.82) is 0 Å². The zero-order valence-electron chi connectivity index (χ0n) is 12.3. The predicted octanol–water partition coefficient (Wildman–Crippen LogP) is 0.549. The van der Waals surface area contributed by atoms with Gasteiger partial charge in [0.1, 0.15) is 12.3 Å². The number of carbonyl (C=O) groups is 2. The molecule has 0 saturated heterocycles. The molecule has 0 bridgehead atoms. The molecule has 0 spiro atoms. The van der Waals surface area contributed by atoms with Crippen LogP contribution in [0.3, 0.4) is 0 Å². The minimum Gasteiger partial charge on any atom is -0.480 e. The van der Waals surface area contributed by atoms with Crippen molar-refractivity contribution in [2.45, 2.75) is 26.2 Å². The van der Waals surface area contributed by atoms with E-state index in [9.17, 15) is 9.59 Å². The van der Waals surface area contributed by atoms with Crippen LogP contribution in [-0.4, -0.2) is 46.5 Å². The molecular weight excluding hydrogens is 262 g/mol. The number of carboxylic acid groups (broad SMARTS) is 1. The van der Waals surface area contributed by atoms with Crippen molar-refractivity contribution in [3.05, 3.63) is 17.5 Å². The standard InChI is InChI=1S/C13H21N3O4/c1-13(2,3)10-7-9(16(4)15-10)12(19)14-5-6-20-8-11(17)18/h7H,5-6,8H2,1-4H3,(H,14,19)(H,17,18). The summed E-state index contributed by atoms with van der Waals surface area (Å²) in [7, 11) is 1.71. The zero-order valence-corrected chi connectivity index (χ0v) is 12.3. The molecule has 0 radical (unpaired) electrons. The highest BCUT2D eigenvalue weighted by atomic mass is 16.5. The summed E-state index contributed by atoms with van der Waals surface area (Å²) in [5, 5.41) is 15.4. The zero-order chi connectivity index (χ0) is 15.3. The van der Waals surface area contributed by atoms with Gasteiger partial charge < -0.3 is 15.2 Å². The number of rotatable bonds is 6. The van der Waals surface area contributed by atoms with Gasteiger partial charge in [-0.05, 0) is 6.07 Å². The molecule has 1 aromatic rings. The molecule has 0 aromatic carbocycles. The summed E-state index contributed by atoms with van der Waals surface area (Å²) in [6.45, 7) is 6.12. The van der Waals surface area contributed by atoms with Crippen LogP contribution < -0.4 is 5.32 Å². The molecule has 0 atom stereocenters. The van der Waals surface area contributed by atoms with Crippen molar-refractivity contribution >= 4 is 11.9 Å². The van der Waals surface area contributed by atoms with Crippen LogP contribution in [0.1, 0.15) is 37.0 Å². The van der Waals surface area contributed by atoms with Gasteiger partial charge in [-0.3, -0.25) is 9.48 Å². The van der Waals surface area contributed by atoms with E-state index in [4.69, 9.17) is 9.84 Å². The lowest BCUT2D eigenvalue weighted by atomic mass is 9.92. The van der Waals surface area contributed by atoms with Gasteiger partial charge in [0.25, 0.3) is 5.91 Å². The first-order valence-electron chi connectivity index (χ1n) is 6.34. The van der Waals surface area contributed by atoms with E-state index in [2.05, 4.69) is 10.4 Å². The van der Waals surface area contributed by atoms with Gasteiger partial charge >= 0.3 is 5.97 Å². The smallest absolute Gasteiger partial charge is 0.329 e. The van der Waals surface area contributed by atoms with Crippen molar-refractivity contribution in [1.82, 2.24) is 15.1 Å². The summed E-state index contributed by atoms with van der Waals surface area (Å²) in [6.07, 6.45) is 0. The Hall–Kier alpha value is -1.89. The van der Waals surface area contributed by atoms with Gasteiger partial charge in [0.05, 0.1) is 12.3 Å². The average Bonchev–Trinajstić information content (AvgIpc) is 2.70. The van der Waals surface area contributed by atoms with Gasteiger partial charge in [-0.15, -0.1) is 0 Å². The Morgan fingerprint density at radius 1 is 1.45 bits per heavy atom. The predicted molar refractivity (Wildman–Crippen MR) is 72.7 cm³/mol. The molecule has 7 heteroatoms. The van der Waals surface area contributed by atoms with Crippen LogP contribution in [0.2, 0.25) is 0 Å². The molecule has 112 valence electrons. The van der Waals surface area contributed by atoms with Gasteiger partial charge in [0, 0.05) is 19.0 Å². The number of nitrogens with one attached hydrogen (secondary N) is 1. The number of nitrogens with zero attached hydrogens (tertiary/aromatic N) is 2. The van der Waals surface area contributed by atoms with E-state index in [1.165, 1.54) is 4.68 Å². The Labute approximate surface area is 117 Å². The normalized spacial score (nSPS) is 11.4. The summed E-state index contributed by atoms with van der Waals surface area (Å²) in [5.41, 5.74) is 1.18. The third kappa shape index (κ3) is 4.65. The van der Waals surface area contributed by atoms with Crippen molar-refractivity contribution in [3.8, 4) is 0 Å². The monoisotopic (exact) mass is 283 g/mol. The summed E-state index contributed by atoms with van der Waals surface area (Å²) in [4.78, 5) is 22.2. The van der Waals surface area contributed by atoms with Crippen LogP contribution in [0.4, 0.5) is 0 Å². The average molecular weight is 283 g/mol. The Kier molecular flexibility index (Phi) is 5.26. The van der Waals surface area contributed by atoms with Gasteiger partial charge in [-0.25, -0.2) is 4.79 Å². The van der Waals surface area contributed by atoms with Crippen molar-refractivity contribution in [3.63, 3.8) is 0 Å². The number of aliphatic carboxylic acids is 1. The molecule has 0 aliphatic carbocycles. The largest absolute Gasteiger partial charge is 0.480 e. The minimum atomic E-state index is -1.03. The van der Waals surface area contributed by atoms with Crippen molar-refractivity contribution < 1.29 is 19.4 Å². The Balaban J connectivity index is 2.52. The van der Waals surface area contributed by atoms with Gasteiger partial charge in [-0.1, -0.05) is 20.8 Å². The summed E-state index contributed by atoms with van der Waals surface area (Å²) in [5.74, 6) is -1.28. The van der Waals surface area contributed by atoms with E-state index in [0.717, 1.165) is 5.69 Å². The quantitative estimate of drug-likeness (QED) is 0.744. The first kappa shape index (κ1) is 16.2. The maximum absolute atomic E-state index is 12.0. The fourth-order valence-electron chi connectivity index (χ4n) is 1.53. The molecule has 0 unspecified atom stereocenters. The molecule has 0 fully saturated rings. The second kappa shape index (κ2) is 6.51. The van der Waals surface area contributed by atoms with E-state index < -0.39 is 5.97 Å². The van der Waals surface area contributed by atoms with Crippen LogP contribution >= 0.6 is 0 Å². The third-order valence-corrected chi connectivity index (χ3v) is 2.64. The molecule has 20 heavy (non-hydrogen) atoms. The van der Waals surface area contributed by atoms with Crippen molar-refractivity contribution in [2.75, 3.05) is 19.8 Å². The van der Waals surface area contributed by atoms with Crippen LogP contribution in [0.5, 0.6) is 0 Å². The summed E-state index contributed by atoms with van der Waals surface area (Å²) in [6, 6.07) is 1.76. The van der Waals surface area contributed by atoms with Gasteiger partial charge in [0.15, 0.2) is 0 Å². The molecule has 1 rings (SSSR count). The Bertz CT molecular complexity index is 488. The number of aryl methyl sites for hydroxylation is 1.